The molecule has 0 radical (unpaired) electrons. The van der Waals surface area contributed by atoms with E-state index in [2.05, 4.69) is 4.99 Å². The summed E-state index contributed by atoms with van der Waals surface area (Å²) in [6, 6.07) is 1.67. The summed E-state index contributed by atoms with van der Waals surface area (Å²) >= 11 is 0. The predicted molar refractivity (Wildman–Crippen MR) is 79.8 cm³/mol. The number of rotatable bonds is 5. The zero-order valence-electron chi connectivity index (χ0n) is 14.7. The molecular weight excluding hydrogens is 393 g/mol. The fourth-order valence-electron chi connectivity index (χ4n) is 2.80. The first-order valence-corrected chi connectivity index (χ1v) is 7.83. The van der Waals surface area contributed by atoms with Gasteiger partial charge in [0.05, 0.1) is 6.42 Å². The van der Waals surface area contributed by atoms with Gasteiger partial charge in [0.1, 0.15) is 18.2 Å². The molecule has 28 heavy (non-hydrogen) atoms. The third-order valence-corrected chi connectivity index (χ3v) is 4.15. The number of ether oxygens (including phenoxy) is 1. The van der Waals surface area contributed by atoms with E-state index in [-0.39, 0.29) is 42.4 Å². The minimum atomic E-state index is -2.32. The zero-order chi connectivity index (χ0) is 19.8. The van der Waals surface area contributed by atoms with Crippen LogP contribution in [0.5, 0.6) is 0 Å². The number of hydrogen-bond acceptors (Lipinski definition) is 7. The standard InChI is InChI=1S/C16H14F2N2O7.Na/c17-9-2-1-3-10(18)8(9)6-12(21)19-11-7-26-20(14(11)23)16(15(24)25)5-4-13(22)27-16;/h1-3,11H,4-7H2,(H,19,21)(H,24,25);/q;+1/p-1/t11-,16?;/m0./s1. The van der Waals surface area contributed by atoms with Crippen molar-refractivity contribution in [1.29, 1.82) is 0 Å². The number of carboxylic acids is 1. The molecule has 1 amide bonds. The van der Waals surface area contributed by atoms with Crippen LogP contribution in [-0.2, 0) is 30.4 Å². The van der Waals surface area contributed by atoms with Crippen molar-refractivity contribution in [3.8, 4) is 0 Å². The summed E-state index contributed by atoms with van der Waals surface area (Å²) in [5.41, 5.74) is -2.82. The van der Waals surface area contributed by atoms with Gasteiger partial charge in [-0.25, -0.2) is 13.6 Å². The van der Waals surface area contributed by atoms with Gasteiger partial charge >= 0.3 is 47.2 Å². The maximum absolute atomic E-state index is 13.6. The number of amides is 1. The third-order valence-electron chi connectivity index (χ3n) is 4.15. The number of hydrogen-bond donors (Lipinski definition) is 1. The van der Waals surface area contributed by atoms with E-state index in [4.69, 9.17) is 9.57 Å². The van der Waals surface area contributed by atoms with Gasteiger partial charge in [0.25, 0.3) is 5.91 Å². The molecular formula is C16H13F2N2NaO7. The molecule has 2 fully saturated rings. The van der Waals surface area contributed by atoms with Crippen LogP contribution in [0.1, 0.15) is 18.4 Å². The van der Waals surface area contributed by atoms with Crippen molar-refractivity contribution in [2.24, 2.45) is 4.99 Å². The number of carbonyl (C=O) groups excluding carboxylic acids is 2. The van der Waals surface area contributed by atoms with E-state index >= 15 is 0 Å². The minimum absolute atomic E-state index is 0. The minimum Gasteiger partial charge on any atom is -0.862 e. The molecule has 1 N–H and O–H groups in total. The number of carboxylic acid groups (broad SMARTS) is 1. The van der Waals surface area contributed by atoms with E-state index in [1.807, 2.05) is 0 Å². The Hall–Kier alpha value is -2.08. The average Bonchev–Trinajstić information content (AvgIpc) is 3.16. The molecule has 0 aromatic heterocycles. The smallest absolute Gasteiger partial charge is 0.862 e. The van der Waals surface area contributed by atoms with Gasteiger partial charge in [-0.05, 0) is 18.0 Å². The van der Waals surface area contributed by atoms with E-state index in [9.17, 15) is 33.4 Å². The second-order valence-electron chi connectivity index (χ2n) is 5.91. The predicted octanol–water partition coefficient (Wildman–Crippen LogP) is -3.47. The Balaban J connectivity index is 0.00000280. The molecule has 2 aliphatic heterocycles. The van der Waals surface area contributed by atoms with Crippen LogP contribution < -0.4 is 34.7 Å². The van der Waals surface area contributed by atoms with Crippen molar-refractivity contribution in [2.75, 3.05) is 6.61 Å². The van der Waals surface area contributed by atoms with Crippen LogP contribution in [0.25, 0.3) is 0 Å². The van der Waals surface area contributed by atoms with Crippen molar-refractivity contribution >= 4 is 23.7 Å². The van der Waals surface area contributed by atoms with Gasteiger partial charge in [-0.2, -0.15) is 5.06 Å². The first-order valence-electron chi connectivity index (χ1n) is 7.83. The molecule has 2 heterocycles. The molecule has 1 unspecified atom stereocenters. The number of carbonyl (C=O) groups is 3. The summed E-state index contributed by atoms with van der Waals surface area (Å²) < 4.78 is 32.0. The molecule has 12 heteroatoms. The Morgan fingerprint density at radius 2 is 2.00 bits per heavy atom. The van der Waals surface area contributed by atoms with Crippen molar-refractivity contribution in [1.82, 2.24) is 5.06 Å². The summed E-state index contributed by atoms with van der Waals surface area (Å²) in [5.74, 6) is -6.29. The fraction of sp³-hybridized carbons (Fsp3) is 0.375. The number of halogens is 2. The van der Waals surface area contributed by atoms with E-state index < -0.39 is 65.7 Å². The Morgan fingerprint density at radius 1 is 1.36 bits per heavy atom. The molecule has 2 saturated heterocycles. The van der Waals surface area contributed by atoms with Gasteiger partial charge in [0.15, 0.2) is 6.04 Å². The monoisotopic (exact) mass is 406 g/mol. The van der Waals surface area contributed by atoms with Crippen LogP contribution in [0.15, 0.2) is 23.2 Å². The molecule has 1 aromatic rings. The number of benzene rings is 1. The molecule has 0 spiro atoms. The molecule has 9 nitrogen and oxygen atoms in total. The Labute approximate surface area is 179 Å². The second-order valence-corrected chi connectivity index (χ2v) is 5.91. The molecule has 2 aliphatic rings. The number of aliphatic carboxylic acids is 1. The van der Waals surface area contributed by atoms with Gasteiger partial charge in [-0.1, -0.05) is 6.07 Å². The normalized spacial score (nSPS) is 24.9. The first kappa shape index (κ1) is 22.2. The van der Waals surface area contributed by atoms with Crippen molar-refractivity contribution in [3.63, 3.8) is 0 Å². The maximum Gasteiger partial charge on any atom is 1.00 e. The van der Waals surface area contributed by atoms with Gasteiger partial charge in [0.2, 0.25) is 0 Å². The number of aliphatic imine (C=N–C) groups is 1. The largest absolute Gasteiger partial charge is 1.00 e. The van der Waals surface area contributed by atoms with Crippen LogP contribution in [-0.4, -0.2) is 52.3 Å². The van der Waals surface area contributed by atoms with Gasteiger partial charge in [-0.3, -0.25) is 19.4 Å². The number of nitrogens with zero attached hydrogens (tertiary/aromatic N) is 2. The van der Waals surface area contributed by atoms with Crippen molar-refractivity contribution < 1.29 is 72.5 Å². The molecule has 0 saturated carbocycles. The number of hydroxylamine groups is 2. The topological polar surface area (TPSA) is 129 Å². The zero-order valence-corrected chi connectivity index (χ0v) is 16.7. The van der Waals surface area contributed by atoms with Gasteiger partial charge < -0.3 is 14.9 Å². The van der Waals surface area contributed by atoms with E-state index in [0.29, 0.717) is 5.06 Å². The summed E-state index contributed by atoms with van der Waals surface area (Å²) in [5, 5.41) is 21.7. The summed E-state index contributed by atoms with van der Waals surface area (Å²) in [6.07, 6.45) is -1.28. The SMILES string of the molecule is O=C1CCC(C(=O)O)(N2OC[C@H](N=C([O-])Cc3c(F)cccc3F)C2=O)O1.[Na+]. The number of esters is 1. The molecule has 0 bridgehead atoms. The Morgan fingerprint density at radius 3 is 2.54 bits per heavy atom. The van der Waals surface area contributed by atoms with Crippen LogP contribution >= 0.6 is 0 Å². The van der Waals surface area contributed by atoms with Gasteiger partial charge in [0, 0.05) is 18.4 Å². The molecule has 3 rings (SSSR count). The van der Waals surface area contributed by atoms with E-state index in [0.717, 1.165) is 18.2 Å². The quantitative estimate of drug-likeness (QED) is 0.233. The second kappa shape index (κ2) is 8.52. The maximum atomic E-state index is 13.6. The van der Waals surface area contributed by atoms with Crippen LogP contribution in [0, 0.1) is 11.6 Å². The number of cyclic esters (lactones) is 1. The summed E-state index contributed by atoms with van der Waals surface area (Å²) in [4.78, 5) is 43.8. The Bertz CT molecular complexity index is 830. The molecule has 144 valence electrons. The van der Waals surface area contributed by atoms with E-state index in [1.165, 1.54) is 0 Å². The molecule has 0 aliphatic carbocycles. The van der Waals surface area contributed by atoms with Crippen LogP contribution in [0.4, 0.5) is 8.78 Å². The van der Waals surface area contributed by atoms with Crippen LogP contribution in [0.2, 0.25) is 0 Å². The van der Waals surface area contributed by atoms with Crippen LogP contribution in [0.3, 0.4) is 0 Å². The Kier molecular flexibility index (Phi) is 6.75. The van der Waals surface area contributed by atoms with Crippen molar-refractivity contribution in [3.05, 3.63) is 35.4 Å². The molecule has 1 aromatic carbocycles. The van der Waals surface area contributed by atoms with E-state index in [1.54, 1.807) is 0 Å². The fourth-order valence-corrected chi connectivity index (χ4v) is 2.80. The van der Waals surface area contributed by atoms with Crippen molar-refractivity contribution in [2.45, 2.75) is 31.0 Å². The van der Waals surface area contributed by atoms with Gasteiger partial charge in [-0.15, -0.1) is 0 Å². The molecule has 2 atom stereocenters. The summed E-state index contributed by atoms with van der Waals surface area (Å²) in [7, 11) is 0. The summed E-state index contributed by atoms with van der Waals surface area (Å²) in [6.45, 7) is -0.475. The first-order chi connectivity index (χ1) is 12.7. The third kappa shape index (κ3) is 4.02. The average molecular weight is 406 g/mol.